The zero-order valence-electron chi connectivity index (χ0n) is 15.9. The van der Waals surface area contributed by atoms with Crippen molar-refractivity contribution in [1.29, 1.82) is 0 Å². The van der Waals surface area contributed by atoms with Gasteiger partial charge in [-0.2, -0.15) is 0 Å². The second kappa shape index (κ2) is 8.19. The lowest BCUT2D eigenvalue weighted by atomic mass is 10.2. The van der Waals surface area contributed by atoms with E-state index in [2.05, 4.69) is 9.71 Å². The Morgan fingerprint density at radius 1 is 1.17 bits per heavy atom. The molecule has 0 spiro atoms. The highest BCUT2D eigenvalue weighted by atomic mass is 32.2. The van der Waals surface area contributed by atoms with Crippen molar-refractivity contribution in [2.75, 3.05) is 37.4 Å². The molecule has 0 aliphatic carbocycles. The van der Waals surface area contributed by atoms with E-state index in [9.17, 15) is 18.0 Å². The molecule has 1 amide bonds. The van der Waals surface area contributed by atoms with Gasteiger partial charge < -0.3 is 24.4 Å². The number of carbonyl (C=O) groups is 2. The molecule has 4 rings (SSSR count). The molecule has 3 aliphatic heterocycles. The number of nitrogens with zero attached hydrogens (tertiary/aromatic N) is 2. The molecule has 0 radical (unpaired) electrons. The number of hydrogen-bond donors (Lipinski definition) is 1. The van der Waals surface area contributed by atoms with Crippen LogP contribution in [0.4, 0.5) is 5.69 Å². The van der Waals surface area contributed by atoms with Crippen LogP contribution in [0.2, 0.25) is 0 Å². The molecule has 10 nitrogen and oxygen atoms in total. The van der Waals surface area contributed by atoms with Gasteiger partial charge in [-0.15, -0.1) is 4.40 Å². The van der Waals surface area contributed by atoms with Crippen LogP contribution in [-0.2, 0) is 24.3 Å². The Balaban J connectivity index is 1.32. The van der Waals surface area contributed by atoms with Gasteiger partial charge in [0.05, 0.1) is 24.5 Å². The summed E-state index contributed by atoms with van der Waals surface area (Å²) in [5.74, 6) is 0.0467. The lowest BCUT2D eigenvalue weighted by Crippen LogP contribution is -2.37. The smallest absolute Gasteiger partial charge is 0.340 e. The third kappa shape index (κ3) is 4.62. The molecule has 0 atom stereocenters. The van der Waals surface area contributed by atoms with Gasteiger partial charge in [0.1, 0.15) is 5.84 Å². The van der Waals surface area contributed by atoms with Crippen molar-refractivity contribution in [2.24, 2.45) is 4.40 Å². The number of esters is 1. The van der Waals surface area contributed by atoms with E-state index < -0.39 is 28.5 Å². The Hall–Kier alpha value is -3.34. The maximum absolute atomic E-state index is 12.2. The summed E-state index contributed by atoms with van der Waals surface area (Å²) >= 11 is 0. The zero-order chi connectivity index (χ0) is 21.1. The zero-order valence-corrected chi connectivity index (χ0v) is 16.7. The first-order valence-electron chi connectivity index (χ1n) is 9.25. The lowest BCUT2D eigenvalue weighted by molar-refractivity contribution is -0.143. The van der Waals surface area contributed by atoms with Crippen molar-refractivity contribution in [3.05, 3.63) is 42.1 Å². The average molecular weight is 433 g/mol. The van der Waals surface area contributed by atoms with Crippen LogP contribution in [0.15, 0.2) is 46.5 Å². The third-order valence-corrected chi connectivity index (χ3v) is 5.59. The van der Waals surface area contributed by atoms with Crippen LogP contribution in [-0.4, -0.2) is 63.1 Å². The fourth-order valence-electron chi connectivity index (χ4n) is 2.97. The van der Waals surface area contributed by atoms with E-state index >= 15 is 0 Å². The van der Waals surface area contributed by atoms with Crippen molar-refractivity contribution in [1.82, 2.24) is 4.90 Å². The fraction of sp³-hybridized carbons (Fsp3) is 0.316. The molecule has 1 aromatic carbocycles. The van der Waals surface area contributed by atoms with Gasteiger partial charge >= 0.3 is 5.97 Å². The molecule has 0 aromatic heterocycles. The van der Waals surface area contributed by atoms with Gasteiger partial charge in [-0.05, 0) is 24.3 Å². The van der Waals surface area contributed by atoms with Crippen LogP contribution in [0, 0.1) is 0 Å². The first-order chi connectivity index (χ1) is 14.4. The first kappa shape index (κ1) is 20.0. The Labute approximate surface area is 172 Å². The number of amides is 1. The predicted molar refractivity (Wildman–Crippen MR) is 107 cm³/mol. The maximum atomic E-state index is 12.2. The van der Waals surface area contributed by atoms with Gasteiger partial charge in [-0.1, -0.05) is 0 Å². The van der Waals surface area contributed by atoms with Crippen molar-refractivity contribution in [2.45, 2.75) is 6.42 Å². The van der Waals surface area contributed by atoms with Crippen LogP contribution in [0.25, 0.3) is 0 Å². The molecule has 1 aromatic rings. The number of benzene rings is 1. The summed E-state index contributed by atoms with van der Waals surface area (Å²) in [5.41, 5.74) is 0.684. The van der Waals surface area contributed by atoms with E-state index in [-0.39, 0.29) is 23.7 Å². The van der Waals surface area contributed by atoms with Crippen LogP contribution < -0.4 is 14.8 Å². The topological polar surface area (TPSA) is 124 Å². The number of sulfonamides is 1. The summed E-state index contributed by atoms with van der Waals surface area (Å²) < 4.78 is 42.9. The SMILES string of the molecule is O=C(COC(=O)C1=CN2CCS(=O)(=O)N=C2C=C1)Nc1ccc2c(c1)OCCCO2. The van der Waals surface area contributed by atoms with Gasteiger partial charge in [0.25, 0.3) is 15.9 Å². The van der Waals surface area contributed by atoms with E-state index in [1.807, 2.05) is 0 Å². The van der Waals surface area contributed by atoms with Gasteiger partial charge in [0.15, 0.2) is 18.1 Å². The lowest BCUT2D eigenvalue weighted by Gasteiger charge is -2.26. The number of anilines is 1. The minimum atomic E-state index is -3.47. The van der Waals surface area contributed by atoms with E-state index in [0.29, 0.717) is 30.4 Å². The van der Waals surface area contributed by atoms with Crippen molar-refractivity contribution < 1.29 is 32.2 Å². The van der Waals surface area contributed by atoms with Gasteiger partial charge in [-0.3, -0.25) is 4.79 Å². The van der Waals surface area contributed by atoms with Crippen LogP contribution in [0.5, 0.6) is 11.5 Å². The number of nitrogens with one attached hydrogen (secondary N) is 1. The minimum Gasteiger partial charge on any atom is -0.490 e. The highest BCUT2D eigenvalue weighted by Crippen LogP contribution is 2.32. The monoisotopic (exact) mass is 433 g/mol. The molecule has 3 heterocycles. The molecule has 158 valence electrons. The van der Waals surface area contributed by atoms with Crippen LogP contribution >= 0.6 is 0 Å². The predicted octanol–water partition coefficient (Wildman–Crippen LogP) is 0.827. The molecule has 30 heavy (non-hydrogen) atoms. The molecule has 3 aliphatic rings. The number of amidine groups is 1. The number of carbonyl (C=O) groups excluding carboxylic acids is 2. The summed E-state index contributed by atoms with van der Waals surface area (Å²) in [7, 11) is -3.47. The Morgan fingerprint density at radius 2 is 1.97 bits per heavy atom. The molecule has 0 bridgehead atoms. The van der Waals surface area contributed by atoms with E-state index in [4.69, 9.17) is 14.2 Å². The van der Waals surface area contributed by atoms with E-state index in [1.54, 1.807) is 23.1 Å². The number of fused-ring (bicyclic) bond motifs is 2. The molecular formula is C19H19N3O7S. The van der Waals surface area contributed by atoms with Crippen LogP contribution in [0.1, 0.15) is 6.42 Å². The van der Waals surface area contributed by atoms with Gasteiger partial charge in [0, 0.05) is 30.9 Å². The summed E-state index contributed by atoms with van der Waals surface area (Å²) in [6.07, 6.45) is 5.06. The highest BCUT2D eigenvalue weighted by molar-refractivity contribution is 7.90. The quantitative estimate of drug-likeness (QED) is 0.693. The number of hydrogen-bond acceptors (Lipinski definition) is 8. The van der Waals surface area contributed by atoms with Crippen molar-refractivity contribution in [3.8, 4) is 11.5 Å². The molecule has 1 N–H and O–H groups in total. The Bertz CT molecular complexity index is 1080. The first-order valence-corrected chi connectivity index (χ1v) is 10.9. The van der Waals surface area contributed by atoms with Gasteiger partial charge in [-0.25, -0.2) is 13.2 Å². The molecule has 0 fully saturated rings. The van der Waals surface area contributed by atoms with Crippen LogP contribution in [0.3, 0.4) is 0 Å². The van der Waals surface area contributed by atoms with Crippen molar-refractivity contribution >= 4 is 33.4 Å². The molecule has 11 heteroatoms. The normalized spacial score (nSPS) is 19.0. The second-order valence-corrected chi connectivity index (χ2v) is 8.44. The largest absolute Gasteiger partial charge is 0.490 e. The summed E-state index contributed by atoms with van der Waals surface area (Å²) in [5, 5.41) is 2.64. The molecular weight excluding hydrogens is 414 g/mol. The molecule has 0 saturated carbocycles. The van der Waals surface area contributed by atoms with Crippen molar-refractivity contribution in [3.63, 3.8) is 0 Å². The average Bonchev–Trinajstić information content (AvgIpc) is 2.96. The second-order valence-electron chi connectivity index (χ2n) is 6.68. The minimum absolute atomic E-state index is 0.138. The maximum Gasteiger partial charge on any atom is 0.340 e. The fourth-order valence-corrected chi connectivity index (χ4v) is 3.94. The highest BCUT2D eigenvalue weighted by Gasteiger charge is 2.25. The van der Waals surface area contributed by atoms with E-state index in [1.165, 1.54) is 18.4 Å². The van der Waals surface area contributed by atoms with Gasteiger partial charge in [0.2, 0.25) is 0 Å². The van der Waals surface area contributed by atoms with E-state index in [0.717, 1.165) is 6.42 Å². The Kier molecular flexibility index (Phi) is 5.44. The molecule has 0 unspecified atom stereocenters. The summed E-state index contributed by atoms with van der Waals surface area (Å²) in [4.78, 5) is 25.9. The summed E-state index contributed by atoms with van der Waals surface area (Å²) in [6.45, 7) is 0.806. The number of ether oxygens (including phenoxy) is 3. The summed E-state index contributed by atoms with van der Waals surface area (Å²) in [6, 6.07) is 5.03. The standard InChI is InChI=1S/C19H19N3O7S/c23-18(20-14-3-4-15-16(10-14)28-8-1-7-27-15)12-29-19(24)13-2-5-17-21-30(25,26)9-6-22(17)11-13/h2-5,10-11H,1,6-9,12H2,(H,20,23). The molecule has 0 saturated heterocycles. The number of rotatable bonds is 4. The Morgan fingerprint density at radius 3 is 2.80 bits per heavy atom. The third-order valence-electron chi connectivity index (χ3n) is 4.43.